The predicted molar refractivity (Wildman–Crippen MR) is 99.1 cm³/mol. The third kappa shape index (κ3) is 3.33. The second-order valence-corrected chi connectivity index (χ2v) is 6.25. The molecule has 6 nitrogen and oxygen atoms in total. The Balaban J connectivity index is 1.39. The summed E-state index contributed by atoms with van der Waals surface area (Å²) in [6.07, 6.45) is 4.50. The van der Waals surface area contributed by atoms with E-state index in [1.807, 2.05) is 24.3 Å². The molecule has 4 rings (SSSR count). The molecule has 1 aromatic carbocycles. The van der Waals surface area contributed by atoms with Crippen LogP contribution < -0.4 is 15.0 Å². The molecule has 3 heterocycles. The van der Waals surface area contributed by atoms with E-state index in [4.69, 9.17) is 4.74 Å². The Hall–Kier alpha value is -2.89. The number of ether oxygens (including phenoxy) is 1. The predicted octanol–water partition coefficient (Wildman–Crippen LogP) is 2.97. The molecule has 1 saturated heterocycles. The first-order chi connectivity index (χ1) is 12.3. The highest BCUT2D eigenvalue weighted by atomic mass is 16.5. The summed E-state index contributed by atoms with van der Waals surface area (Å²) in [4.78, 5) is 15.4. The maximum Gasteiger partial charge on any atom is 0.180 e. The average molecular weight is 335 g/mol. The van der Waals surface area contributed by atoms with Crippen LogP contribution in [0.15, 0.2) is 48.8 Å². The van der Waals surface area contributed by atoms with Crippen molar-refractivity contribution in [1.29, 1.82) is 0 Å². The second-order valence-electron chi connectivity index (χ2n) is 6.25. The number of hydrogen-bond donors (Lipinski definition) is 1. The molecular weight excluding hydrogens is 314 g/mol. The van der Waals surface area contributed by atoms with Crippen LogP contribution in [-0.4, -0.2) is 41.7 Å². The van der Waals surface area contributed by atoms with Crippen molar-refractivity contribution >= 4 is 22.7 Å². The standard InChI is InChI=1S/C19H21N5O/c1-25-17-5-3-2-4-16(17)24-11-8-14(13-24)12-22-18-7-6-15-19(23-18)21-10-9-20-15/h2-7,9-10,14H,8,11-13H2,1H3,(H,21,22,23)/t14-/m0/s1. The van der Waals surface area contributed by atoms with Gasteiger partial charge in [0.05, 0.1) is 12.8 Å². The Kier molecular flexibility index (Phi) is 4.33. The highest BCUT2D eigenvalue weighted by Crippen LogP contribution is 2.32. The van der Waals surface area contributed by atoms with E-state index < -0.39 is 0 Å². The van der Waals surface area contributed by atoms with Crippen LogP contribution in [0, 0.1) is 5.92 Å². The van der Waals surface area contributed by atoms with Crippen molar-refractivity contribution in [2.45, 2.75) is 6.42 Å². The molecule has 0 saturated carbocycles. The maximum absolute atomic E-state index is 5.48. The number of methoxy groups -OCH3 is 1. The zero-order valence-corrected chi connectivity index (χ0v) is 14.2. The number of anilines is 2. The number of pyridine rings is 1. The number of nitrogens with one attached hydrogen (secondary N) is 1. The molecule has 0 bridgehead atoms. The Bertz CT molecular complexity index is 869. The van der Waals surface area contributed by atoms with Gasteiger partial charge >= 0.3 is 0 Å². The van der Waals surface area contributed by atoms with Crippen molar-refractivity contribution in [3.05, 3.63) is 48.8 Å². The Morgan fingerprint density at radius 3 is 2.96 bits per heavy atom. The quantitative estimate of drug-likeness (QED) is 0.773. The van der Waals surface area contributed by atoms with E-state index in [0.717, 1.165) is 43.1 Å². The maximum atomic E-state index is 5.48. The summed E-state index contributed by atoms with van der Waals surface area (Å²) in [5.74, 6) is 2.36. The molecule has 25 heavy (non-hydrogen) atoms. The normalized spacial score (nSPS) is 17.0. The number of para-hydroxylation sites is 2. The summed E-state index contributed by atoms with van der Waals surface area (Å²) in [5, 5.41) is 3.44. The number of benzene rings is 1. The number of fused-ring (bicyclic) bond motifs is 1. The van der Waals surface area contributed by atoms with Gasteiger partial charge in [0.2, 0.25) is 0 Å². The fourth-order valence-corrected chi connectivity index (χ4v) is 3.31. The smallest absolute Gasteiger partial charge is 0.180 e. The zero-order valence-electron chi connectivity index (χ0n) is 14.2. The van der Waals surface area contributed by atoms with Gasteiger partial charge in [-0.25, -0.2) is 9.97 Å². The lowest BCUT2D eigenvalue weighted by Crippen LogP contribution is -2.23. The largest absolute Gasteiger partial charge is 0.495 e. The lowest BCUT2D eigenvalue weighted by Gasteiger charge is -2.21. The fraction of sp³-hybridized carbons (Fsp3) is 0.316. The molecule has 0 radical (unpaired) electrons. The summed E-state index contributed by atoms with van der Waals surface area (Å²) < 4.78 is 5.48. The summed E-state index contributed by atoms with van der Waals surface area (Å²) in [7, 11) is 1.72. The first-order valence-corrected chi connectivity index (χ1v) is 8.53. The Labute approximate surface area is 146 Å². The van der Waals surface area contributed by atoms with Gasteiger partial charge in [-0.1, -0.05) is 12.1 Å². The van der Waals surface area contributed by atoms with E-state index in [1.54, 1.807) is 19.5 Å². The van der Waals surface area contributed by atoms with Gasteiger partial charge < -0.3 is 15.0 Å². The van der Waals surface area contributed by atoms with Crippen LogP contribution in [0.3, 0.4) is 0 Å². The van der Waals surface area contributed by atoms with Gasteiger partial charge in [-0.3, -0.25) is 4.98 Å². The topological polar surface area (TPSA) is 63.2 Å². The molecular formula is C19H21N5O. The van der Waals surface area contributed by atoms with Crippen LogP contribution in [-0.2, 0) is 0 Å². The van der Waals surface area contributed by atoms with Crippen molar-refractivity contribution in [3.8, 4) is 5.75 Å². The lowest BCUT2D eigenvalue weighted by molar-refractivity contribution is 0.414. The first-order valence-electron chi connectivity index (χ1n) is 8.53. The highest BCUT2D eigenvalue weighted by Gasteiger charge is 2.24. The van der Waals surface area contributed by atoms with Crippen molar-refractivity contribution in [1.82, 2.24) is 15.0 Å². The van der Waals surface area contributed by atoms with Gasteiger partial charge in [0, 0.05) is 32.0 Å². The van der Waals surface area contributed by atoms with Gasteiger partial charge in [0.1, 0.15) is 17.1 Å². The third-order valence-electron chi connectivity index (χ3n) is 4.62. The van der Waals surface area contributed by atoms with Crippen LogP contribution in [0.1, 0.15) is 6.42 Å². The molecule has 1 aliphatic heterocycles. The summed E-state index contributed by atoms with van der Waals surface area (Å²) in [6.45, 7) is 2.95. The fourth-order valence-electron chi connectivity index (χ4n) is 3.31. The summed E-state index contributed by atoms with van der Waals surface area (Å²) >= 11 is 0. The van der Waals surface area contributed by atoms with Gasteiger partial charge in [-0.15, -0.1) is 0 Å². The van der Waals surface area contributed by atoms with Crippen molar-refractivity contribution in [2.75, 3.05) is 37.0 Å². The van der Waals surface area contributed by atoms with E-state index in [0.29, 0.717) is 11.6 Å². The molecule has 1 fully saturated rings. The van der Waals surface area contributed by atoms with Crippen LogP contribution in [0.25, 0.3) is 11.2 Å². The second kappa shape index (κ2) is 6.93. The van der Waals surface area contributed by atoms with Crippen LogP contribution in [0.2, 0.25) is 0 Å². The van der Waals surface area contributed by atoms with Crippen LogP contribution in [0.4, 0.5) is 11.5 Å². The molecule has 0 unspecified atom stereocenters. The molecule has 0 amide bonds. The van der Waals surface area contributed by atoms with E-state index in [2.05, 4.69) is 37.3 Å². The van der Waals surface area contributed by atoms with Crippen molar-refractivity contribution in [3.63, 3.8) is 0 Å². The van der Waals surface area contributed by atoms with Gasteiger partial charge in [-0.2, -0.15) is 0 Å². The summed E-state index contributed by atoms with van der Waals surface area (Å²) in [6, 6.07) is 12.1. The molecule has 1 N–H and O–H groups in total. The number of hydrogen-bond acceptors (Lipinski definition) is 6. The SMILES string of the molecule is COc1ccccc1N1CC[C@@H](CNc2ccc3nccnc3n2)C1. The molecule has 128 valence electrons. The molecule has 1 atom stereocenters. The minimum Gasteiger partial charge on any atom is -0.495 e. The minimum absolute atomic E-state index is 0.573. The Morgan fingerprint density at radius 2 is 2.04 bits per heavy atom. The molecule has 3 aromatic rings. The van der Waals surface area contributed by atoms with Gasteiger partial charge in [0.15, 0.2) is 5.65 Å². The summed E-state index contributed by atoms with van der Waals surface area (Å²) in [5.41, 5.74) is 2.66. The zero-order chi connectivity index (χ0) is 17.1. The molecule has 2 aromatic heterocycles. The highest BCUT2D eigenvalue weighted by molar-refractivity contribution is 5.71. The van der Waals surface area contributed by atoms with E-state index in [1.165, 1.54) is 5.69 Å². The van der Waals surface area contributed by atoms with E-state index in [9.17, 15) is 0 Å². The van der Waals surface area contributed by atoms with Crippen LogP contribution >= 0.6 is 0 Å². The van der Waals surface area contributed by atoms with E-state index in [-0.39, 0.29) is 0 Å². The van der Waals surface area contributed by atoms with Crippen molar-refractivity contribution in [2.24, 2.45) is 5.92 Å². The molecule has 6 heteroatoms. The molecule has 0 spiro atoms. The van der Waals surface area contributed by atoms with Crippen LogP contribution in [0.5, 0.6) is 5.75 Å². The minimum atomic E-state index is 0.573. The Morgan fingerprint density at radius 1 is 1.16 bits per heavy atom. The average Bonchev–Trinajstić information content (AvgIpc) is 3.15. The molecule has 1 aliphatic rings. The third-order valence-corrected chi connectivity index (χ3v) is 4.62. The number of aromatic nitrogens is 3. The lowest BCUT2D eigenvalue weighted by atomic mass is 10.1. The van der Waals surface area contributed by atoms with E-state index >= 15 is 0 Å². The first kappa shape index (κ1) is 15.6. The number of rotatable bonds is 5. The van der Waals surface area contributed by atoms with Crippen molar-refractivity contribution < 1.29 is 4.74 Å². The monoisotopic (exact) mass is 335 g/mol. The van der Waals surface area contributed by atoms with Gasteiger partial charge in [-0.05, 0) is 36.6 Å². The van der Waals surface area contributed by atoms with Gasteiger partial charge in [0.25, 0.3) is 0 Å². The number of nitrogens with zero attached hydrogens (tertiary/aromatic N) is 4. The molecule has 0 aliphatic carbocycles.